The van der Waals surface area contributed by atoms with E-state index in [1.807, 2.05) is 37.3 Å². The molecular formula is C22H25N5O2. The van der Waals surface area contributed by atoms with Gasteiger partial charge in [0.05, 0.1) is 22.8 Å². The molecule has 0 aliphatic heterocycles. The van der Waals surface area contributed by atoms with Gasteiger partial charge in [-0.25, -0.2) is 0 Å². The zero-order chi connectivity index (χ0) is 20.2. The van der Waals surface area contributed by atoms with Gasteiger partial charge in [0.15, 0.2) is 0 Å². The summed E-state index contributed by atoms with van der Waals surface area (Å²) in [7, 11) is 0. The number of hydrogen-bond donors (Lipinski definition) is 2. The van der Waals surface area contributed by atoms with E-state index in [0.717, 1.165) is 43.1 Å². The second kappa shape index (κ2) is 8.43. The van der Waals surface area contributed by atoms with Gasteiger partial charge >= 0.3 is 0 Å². The lowest BCUT2D eigenvalue weighted by molar-refractivity contribution is 0.0862. The van der Waals surface area contributed by atoms with Crippen molar-refractivity contribution in [3.05, 3.63) is 60.0 Å². The molecule has 7 heteroatoms. The first-order chi connectivity index (χ1) is 14.1. The van der Waals surface area contributed by atoms with E-state index in [4.69, 9.17) is 0 Å². The van der Waals surface area contributed by atoms with Crippen molar-refractivity contribution in [1.29, 1.82) is 0 Å². The van der Waals surface area contributed by atoms with Crippen LogP contribution < -0.4 is 10.6 Å². The molecule has 0 unspecified atom stereocenters. The highest BCUT2D eigenvalue weighted by atomic mass is 16.2. The number of para-hydroxylation sites is 1. The van der Waals surface area contributed by atoms with E-state index in [0.29, 0.717) is 11.1 Å². The number of hydrogen-bond acceptors (Lipinski definition) is 4. The number of fused-ring (bicyclic) bond motifs is 1. The third-order valence-corrected chi connectivity index (χ3v) is 5.47. The predicted octanol–water partition coefficient (Wildman–Crippen LogP) is 2.92. The molecule has 0 saturated heterocycles. The van der Waals surface area contributed by atoms with Gasteiger partial charge in [-0.3, -0.25) is 19.3 Å². The van der Waals surface area contributed by atoms with Crippen molar-refractivity contribution < 1.29 is 9.59 Å². The zero-order valence-electron chi connectivity index (χ0n) is 16.5. The zero-order valence-corrected chi connectivity index (χ0v) is 16.5. The topological polar surface area (TPSA) is 88.9 Å². The monoisotopic (exact) mass is 391 g/mol. The maximum absolute atomic E-state index is 12.8. The number of nitrogens with zero attached hydrogens (tertiary/aromatic N) is 3. The Hall–Kier alpha value is -3.22. The van der Waals surface area contributed by atoms with Crippen molar-refractivity contribution in [2.75, 3.05) is 0 Å². The van der Waals surface area contributed by atoms with E-state index >= 15 is 0 Å². The molecular weight excluding hydrogens is 366 g/mol. The summed E-state index contributed by atoms with van der Waals surface area (Å²) in [5.74, 6) is -0.309. The molecule has 2 amide bonds. The molecule has 1 aromatic carbocycles. The minimum atomic E-state index is -0.159. The van der Waals surface area contributed by atoms with Crippen LogP contribution >= 0.6 is 0 Å². The number of aromatic nitrogens is 3. The number of amides is 2. The van der Waals surface area contributed by atoms with Crippen LogP contribution in [0.5, 0.6) is 0 Å². The Morgan fingerprint density at radius 1 is 1.03 bits per heavy atom. The molecule has 150 valence electrons. The van der Waals surface area contributed by atoms with Crippen molar-refractivity contribution in [2.45, 2.75) is 51.2 Å². The smallest absolute Gasteiger partial charge is 0.254 e. The van der Waals surface area contributed by atoms with E-state index in [2.05, 4.69) is 20.7 Å². The number of benzene rings is 1. The summed E-state index contributed by atoms with van der Waals surface area (Å²) in [5, 5.41) is 11.3. The molecule has 1 fully saturated rings. The largest absolute Gasteiger partial charge is 0.347 e. The lowest BCUT2D eigenvalue weighted by Gasteiger charge is -2.32. The molecule has 1 saturated carbocycles. The van der Waals surface area contributed by atoms with Gasteiger partial charge in [0, 0.05) is 36.4 Å². The number of nitrogens with one attached hydrogen (secondary N) is 2. The van der Waals surface area contributed by atoms with Gasteiger partial charge in [-0.15, -0.1) is 0 Å². The van der Waals surface area contributed by atoms with Crippen molar-refractivity contribution >= 4 is 22.7 Å². The summed E-state index contributed by atoms with van der Waals surface area (Å²) < 4.78 is 1.72. The van der Waals surface area contributed by atoms with Gasteiger partial charge in [-0.1, -0.05) is 31.0 Å². The molecule has 2 heterocycles. The van der Waals surface area contributed by atoms with Gasteiger partial charge < -0.3 is 10.6 Å². The Morgan fingerprint density at radius 2 is 1.72 bits per heavy atom. The van der Waals surface area contributed by atoms with Crippen molar-refractivity contribution in [1.82, 2.24) is 25.4 Å². The Balaban J connectivity index is 1.45. The maximum atomic E-state index is 12.8. The summed E-state index contributed by atoms with van der Waals surface area (Å²) >= 11 is 0. The number of carbonyl (C=O) groups excluding carboxylic acids is 2. The first kappa shape index (κ1) is 19.1. The fourth-order valence-electron chi connectivity index (χ4n) is 3.83. The lowest BCUT2D eigenvalue weighted by atomic mass is 9.90. The number of carbonyl (C=O) groups is 2. The summed E-state index contributed by atoms with van der Waals surface area (Å²) in [6.45, 7) is 2.69. The molecule has 2 atom stereocenters. The summed E-state index contributed by atoms with van der Waals surface area (Å²) in [6.07, 6.45) is 8.67. The lowest BCUT2D eigenvalue weighted by Crippen LogP contribution is -2.53. The van der Waals surface area contributed by atoms with Crippen molar-refractivity contribution in [3.63, 3.8) is 0 Å². The standard InChI is InChI=1S/C22H25N5O2/c1-2-27-14-17(13-24-27)22(29)26-20-10-6-5-9-19(20)25-21(28)16-11-15-7-3-4-8-18(15)23-12-16/h3-4,7-8,11-14,19-20H,2,5-6,9-10H2,1H3,(H,25,28)(H,26,29)/t19-,20-/m1/s1. The van der Waals surface area contributed by atoms with Crippen LogP contribution in [0.25, 0.3) is 10.9 Å². The van der Waals surface area contributed by atoms with Gasteiger partial charge in [-0.05, 0) is 31.9 Å². The third-order valence-electron chi connectivity index (χ3n) is 5.47. The molecule has 1 aliphatic carbocycles. The minimum absolute atomic E-state index is 0.0985. The molecule has 3 aromatic rings. The highest BCUT2D eigenvalue weighted by Gasteiger charge is 2.28. The first-order valence-corrected chi connectivity index (χ1v) is 10.1. The van der Waals surface area contributed by atoms with E-state index < -0.39 is 0 Å². The molecule has 2 aromatic heterocycles. The average Bonchev–Trinajstić information content (AvgIpc) is 3.24. The molecule has 29 heavy (non-hydrogen) atoms. The Morgan fingerprint density at radius 3 is 2.41 bits per heavy atom. The summed E-state index contributed by atoms with van der Waals surface area (Å²) in [6, 6.07) is 9.37. The van der Waals surface area contributed by atoms with E-state index in [1.165, 1.54) is 0 Å². The highest BCUT2D eigenvalue weighted by Crippen LogP contribution is 2.20. The second-order valence-electron chi connectivity index (χ2n) is 7.45. The summed E-state index contributed by atoms with van der Waals surface area (Å²) in [4.78, 5) is 29.8. The van der Waals surface area contributed by atoms with Crippen LogP contribution in [-0.4, -0.2) is 38.7 Å². The van der Waals surface area contributed by atoms with Crippen LogP contribution in [0.3, 0.4) is 0 Å². The van der Waals surface area contributed by atoms with Crippen LogP contribution in [-0.2, 0) is 6.54 Å². The quantitative estimate of drug-likeness (QED) is 0.700. The highest BCUT2D eigenvalue weighted by molar-refractivity contribution is 5.97. The van der Waals surface area contributed by atoms with Crippen molar-refractivity contribution in [2.24, 2.45) is 0 Å². The summed E-state index contributed by atoms with van der Waals surface area (Å²) in [5.41, 5.74) is 1.93. The van der Waals surface area contributed by atoms with Crippen LogP contribution in [0, 0.1) is 0 Å². The normalized spacial score (nSPS) is 19.1. The van der Waals surface area contributed by atoms with Crippen LogP contribution in [0.1, 0.15) is 53.3 Å². The molecule has 0 radical (unpaired) electrons. The van der Waals surface area contributed by atoms with Crippen LogP contribution in [0.15, 0.2) is 48.9 Å². The fourth-order valence-corrected chi connectivity index (χ4v) is 3.83. The van der Waals surface area contributed by atoms with E-state index in [9.17, 15) is 9.59 Å². The molecule has 4 rings (SSSR count). The Bertz CT molecular complexity index is 1030. The van der Waals surface area contributed by atoms with Crippen LogP contribution in [0.4, 0.5) is 0 Å². The van der Waals surface area contributed by atoms with Gasteiger partial charge in [-0.2, -0.15) is 5.10 Å². The van der Waals surface area contributed by atoms with Gasteiger partial charge in [0.25, 0.3) is 11.8 Å². The predicted molar refractivity (Wildman–Crippen MR) is 111 cm³/mol. The first-order valence-electron chi connectivity index (χ1n) is 10.1. The third kappa shape index (κ3) is 4.29. The number of rotatable bonds is 5. The Labute approximate surface area is 169 Å². The number of aryl methyl sites for hydroxylation is 1. The fraction of sp³-hybridized carbons (Fsp3) is 0.364. The van der Waals surface area contributed by atoms with Gasteiger partial charge in [0.1, 0.15) is 0 Å². The van der Waals surface area contributed by atoms with Gasteiger partial charge in [0.2, 0.25) is 0 Å². The molecule has 0 bridgehead atoms. The molecule has 2 N–H and O–H groups in total. The SMILES string of the molecule is CCn1cc(C(=O)N[C@@H]2CCCC[C@H]2NC(=O)c2cnc3ccccc3c2)cn1. The molecule has 7 nitrogen and oxygen atoms in total. The van der Waals surface area contributed by atoms with E-state index in [-0.39, 0.29) is 23.9 Å². The average molecular weight is 391 g/mol. The molecule has 1 aliphatic rings. The Kier molecular flexibility index (Phi) is 5.55. The molecule has 0 spiro atoms. The van der Waals surface area contributed by atoms with E-state index in [1.54, 1.807) is 23.3 Å². The second-order valence-corrected chi connectivity index (χ2v) is 7.45. The maximum Gasteiger partial charge on any atom is 0.254 e. The number of pyridine rings is 1. The minimum Gasteiger partial charge on any atom is -0.347 e. The van der Waals surface area contributed by atoms with Crippen molar-refractivity contribution in [3.8, 4) is 0 Å². The van der Waals surface area contributed by atoms with Crippen LogP contribution in [0.2, 0.25) is 0 Å².